The van der Waals surface area contributed by atoms with E-state index in [9.17, 15) is 13.2 Å². The van der Waals surface area contributed by atoms with Crippen LogP contribution in [0.25, 0.3) is 0 Å². The van der Waals surface area contributed by atoms with Crippen LogP contribution < -0.4 is 5.73 Å². The maximum Gasteiger partial charge on any atom is 0.248 e. The van der Waals surface area contributed by atoms with Crippen LogP contribution in [0.3, 0.4) is 0 Å². The third kappa shape index (κ3) is 4.46. The quantitative estimate of drug-likeness (QED) is 0.859. The lowest BCUT2D eigenvalue weighted by molar-refractivity contribution is 0.1000. The van der Waals surface area contributed by atoms with Crippen LogP contribution in [0.4, 0.5) is 0 Å². The number of nitrogens with two attached hydrogens (primary N) is 1. The number of sulfonamides is 1. The first-order valence-electron chi connectivity index (χ1n) is 8.34. The van der Waals surface area contributed by atoms with E-state index in [1.165, 1.54) is 0 Å². The van der Waals surface area contributed by atoms with Gasteiger partial charge in [-0.3, -0.25) is 4.79 Å². The predicted octanol–water partition coefficient (Wildman–Crippen LogP) is 2.18. The van der Waals surface area contributed by atoms with E-state index < -0.39 is 15.9 Å². The number of rotatable bonds is 6. The first-order chi connectivity index (χ1) is 11.9. The van der Waals surface area contributed by atoms with Crippen molar-refractivity contribution in [3.05, 3.63) is 71.3 Å². The van der Waals surface area contributed by atoms with Crippen molar-refractivity contribution in [1.82, 2.24) is 4.31 Å². The second-order valence-corrected chi connectivity index (χ2v) is 8.49. The van der Waals surface area contributed by atoms with Crippen molar-refractivity contribution in [2.24, 2.45) is 11.7 Å². The lowest BCUT2D eigenvalue weighted by Gasteiger charge is -2.17. The molecule has 0 spiro atoms. The van der Waals surface area contributed by atoms with E-state index in [1.807, 2.05) is 42.5 Å². The van der Waals surface area contributed by atoms with E-state index in [4.69, 9.17) is 5.73 Å². The summed E-state index contributed by atoms with van der Waals surface area (Å²) in [6.45, 7) is 1.07. The highest BCUT2D eigenvalue weighted by Crippen LogP contribution is 2.25. The molecule has 1 fully saturated rings. The summed E-state index contributed by atoms with van der Waals surface area (Å²) >= 11 is 0. The highest BCUT2D eigenvalue weighted by atomic mass is 32.2. The molecule has 1 saturated heterocycles. The standard InChI is InChI=1S/C19H22N2O3S/c20-19(22)18-8-4-7-16(12-18)11-17-9-10-21(13-17)25(23,24)14-15-5-2-1-3-6-15/h1-8,12,17H,9-11,13-14H2,(H2,20,22)/t17-/m0/s1. The molecule has 132 valence electrons. The number of carbonyl (C=O) groups is 1. The lowest BCUT2D eigenvalue weighted by Crippen LogP contribution is -2.30. The molecule has 0 saturated carbocycles. The van der Waals surface area contributed by atoms with Gasteiger partial charge in [-0.05, 0) is 42.0 Å². The molecule has 1 atom stereocenters. The molecule has 0 unspecified atom stereocenters. The molecule has 1 aliphatic rings. The molecule has 0 bridgehead atoms. The van der Waals surface area contributed by atoms with Gasteiger partial charge in [-0.1, -0.05) is 42.5 Å². The van der Waals surface area contributed by atoms with Crippen LogP contribution in [0.5, 0.6) is 0 Å². The summed E-state index contributed by atoms with van der Waals surface area (Å²) in [4.78, 5) is 11.3. The Labute approximate surface area is 148 Å². The molecule has 25 heavy (non-hydrogen) atoms. The first-order valence-corrected chi connectivity index (χ1v) is 9.95. The van der Waals surface area contributed by atoms with Crippen LogP contribution >= 0.6 is 0 Å². The monoisotopic (exact) mass is 358 g/mol. The maximum atomic E-state index is 12.6. The van der Waals surface area contributed by atoms with Crippen molar-refractivity contribution in [1.29, 1.82) is 0 Å². The van der Waals surface area contributed by atoms with E-state index in [0.29, 0.717) is 18.7 Å². The van der Waals surface area contributed by atoms with Gasteiger partial charge in [0.2, 0.25) is 15.9 Å². The van der Waals surface area contributed by atoms with Crippen molar-refractivity contribution < 1.29 is 13.2 Å². The van der Waals surface area contributed by atoms with Gasteiger partial charge in [0.25, 0.3) is 0 Å². The van der Waals surface area contributed by atoms with Gasteiger partial charge in [-0.25, -0.2) is 12.7 Å². The molecular formula is C19H22N2O3S. The Hall–Kier alpha value is -2.18. The molecule has 0 radical (unpaired) electrons. The van der Waals surface area contributed by atoms with Crippen molar-refractivity contribution >= 4 is 15.9 Å². The molecule has 2 N–H and O–H groups in total. The van der Waals surface area contributed by atoms with Gasteiger partial charge in [-0.2, -0.15) is 0 Å². The number of hydrogen-bond donors (Lipinski definition) is 1. The minimum Gasteiger partial charge on any atom is -0.366 e. The maximum absolute atomic E-state index is 12.6. The number of hydrogen-bond acceptors (Lipinski definition) is 3. The molecule has 0 aliphatic carbocycles. The largest absolute Gasteiger partial charge is 0.366 e. The number of amides is 1. The Morgan fingerprint density at radius 1 is 1.08 bits per heavy atom. The van der Waals surface area contributed by atoms with Crippen LogP contribution in [0.1, 0.15) is 27.9 Å². The normalized spacial score (nSPS) is 18.3. The number of primary amides is 1. The van der Waals surface area contributed by atoms with Gasteiger partial charge in [0.15, 0.2) is 0 Å². The van der Waals surface area contributed by atoms with Crippen LogP contribution in [0.15, 0.2) is 54.6 Å². The summed E-state index contributed by atoms with van der Waals surface area (Å²) < 4.78 is 26.8. The number of benzene rings is 2. The zero-order chi connectivity index (χ0) is 17.9. The molecule has 1 heterocycles. The summed E-state index contributed by atoms with van der Waals surface area (Å²) in [5.41, 5.74) is 7.63. The third-order valence-corrected chi connectivity index (χ3v) is 6.39. The van der Waals surface area contributed by atoms with Crippen molar-refractivity contribution in [2.75, 3.05) is 13.1 Å². The second-order valence-electron chi connectivity index (χ2n) is 6.52. The minimum atomic E-state index is -3.30. The summed E-state index contributed by atoms with van der Waals surface area (Å²) in [6, 6.07) is 16.5. The SMILES string of the molecule is NC(=O)c1cccc(C[C@@H]2CCN(S(=O)(=O)Cc3ccccc3)C2)c1. The van der Waals surface area contributed by atoms with Gasteiger partial charge >= 0.3 is 0 Å². The van der Waals surface area contributed by atoms with Gasteiger partial charge in [-0.15, -0.1) is 0 Å². The van der Waals surface area contributed by atoms with Gasteiger partial charge in [0.05, 0.1) is 5.75 Å². The van der Waals surface area contributed by atoms with E-state index in [2.05, 4.69) is 0 Å². The molecule has 3 rings (SSSR count). The highest BCUT2D eigenvalue weighted by molar-refractivity contribution is 7.88. The average Bonchev–Trinajstić information content (AvgIpc) is 3.05. The zero-order valence-corrected chi connectivity index (χ0v) is 14.8. The molecule has 5 nitrogen and oxygen atoms in total. The van der Waals surface area contributed by atoms with Crippen molar-refractivity contribution in [3.63, 3.8) is 0 Å². The fraction of sp³-hybridized carbons (Fsp3) is 0.316. The van der Waals surface area contributed by atoms with E-state index >= 15 is 0 Å². The Morgan fingerprint density at radius 3 is 2.52 bits per heavy atom. The molecule has 0 aromatic heterocycles. The average molecular weight is 358 g/mol. The summed E-state index contributed by atoms with van der Waals surface area (Å²) in [7, 11) is -3.30. The van der Waals surface area contributed by atoms with Crippen LogP contribution in [-0.2, 0) is 22.2 Å². The molecule has 6 heteroatoms. The number of carbonyl (C=O) groups excluding carboxylic acids is 1. The fourth-order valence-corrected chi connectivity index (χ4v) is 4.90. The first kappa shape index (κ1) is 17.6. The van der Waals surface area contributed by atoms with E-state index in [1.54, 1.807) is 16.4 Å². The predicted molar refractivity (Wildman–Crippen MR) is 97.4 cm³/mol. The van der Waals surface area contributed by atoms with Gasteiger partial charge < -0.3 is 5.73 Å². The summed E-state index contributed by atoms with van der Waals surface area (Å²) in [5, 5.41) is 0. The Balaban J connectivity index is 1.63. The topological polar surface area (TPSA) is 80.5 Å². The Morgan fingerprint density at radius 2 is 1.80 bits per heavy atom. The van der Waals surface area contributed by atoms with E-state index in [0.717, 1.165) is 24.0 Å². The second kappa shape index (κ2) is 7.37. The third-order valence-electron chi connectivity index (χ3n) is 4.57. The molecule has 1 amide bonds. The molecule has 2 aromatic rings. The van der Waals surface area contributed by atoms with E-state index in [-0.39, 0.29) is 11.7 Å². The Bertz CT molecular complexity index is 850. The molecule has 2 aromatic carbocycles. The minimum absolute atomic E-state index is 0.0394. The van der Waals surface area contributed by atoms with Crippen molar-refractivity contribution in [2.45, 2.75) is 18.6 Å². The summed E-state index contributed by atoms with van der Waals surface area (Å²) in [5.74, 6) is -0.147. The smallest absolute Gasteiger partial charge is 0.248 e. The van der Waals surface area contributed by atoms with Crippen LogP contribution in [0.2, 0.25) is 0 Å². The lowest BCUT2D eigenvalue weighted by atomic mass is 9.97. The van der Waals surface area contributed by atoms with Gasteiger partial charge in [0.1, 0.15) is 0 Å². The fourth-order valence-electron chi connectivity index (χ4n) is 3.28. The van der Waals surface area contributed by atoms with Crippen molar-refractivity contribution in [3.8, 4) is 0 Å². The summed E-state index contributed by atoms with van der Waals surface area (Å²) in [6.07, 6.45) is 1.58. The number of nitrogens with zero attached hydrogens (tertiary/aromatic N) is 1. The Kier molecular flexibility index (Phi) is 5.20. The highest BCUT2D eigenvalue weighted by Gasteiger charge is 2.31. The molecule has 1 aliphatic heterocycles. The zero-order valence-electron chi connectivity index (χ0n) is 14.0. The van der Waals surface area contributed by atoms with Crippen LogP contribution in [0, 0.1) is 5.92 Å². The molecular weight excluding hydrogens is 336 g/mol. The van der Waals surface area contributed by atoms with Gasteiger partial charge in [0, 0.05) is 18.7 Å². The van der Waals surface area contributed by atoms with Crippen LogP contribution in [-0.4, -0.2) is 31.7 Å².